The molecule has 0 spiro atoms. The van der Waals surface area contributed by atoms with Crippen LogP contribution in [0, 0.1) is 0 Å². The van der Waals surface area contributed by atoms with Gasteiger partial charge >= 0.3 is 0 Å². The van der Waals surface area contributed by atoms with Gasteiger partial charge in [0.2, 0.25) is 5.91 Å². The number of amides is 1. The zero-order valence-electron chi connectivity index (χ0n) is 7.54. The van der Waals surface area contributed by atoms with E-state index in [4.69, 9.17) is 0 Å². The van der Waals surface area contributed by atoms with Gasteiger partial charge in [0.05, 0.1) is 19.0 Å². The average molecular weight is 192 g/mol. The number of rotatable bonds is 2. The van der Waals surface area contributed by atoms with Crippen LogP contribution in [0.25, 0.3) is 0 Å². The fourth-order valence-electron chi connectivity index (χ4n) is 1.55. The van der Waals surface area contributed by atoms with Gasteiger partial charge < -0.3 is 4.90 Å². The number of β-lactam (4-membered cyclic amide) rings is 1. The largest absolute Gasteiger partial charge is 0.331 e. The second-order valence-corrected chi connectivity index (χ2v) is 4.25. The Balaban J connectivity index is 0.000000720. The molecule has 0 bridgehead atoms. The minimum absolute atomic E-state index is 0. The van der Waals surface area contributed by atoms with E-state index in [9.17, 15) is 4.79 Å². The summed E-state index contributed by atoms with van der Waals surface area (Å²) in [6.45, 7) is 3.02. The Morgan fingerprint density at radius 1 is 1.75 bits per heavy atom. The molecule has 0 saturated carbocycles. The molecule has 0 aromatic heterocycles. The van der Waals surface area contributed by atoms with Gasteiger partial charge in [-0.1, -0.05) is 13.0 Å². The number of thioether (sulfide) groups is 1. The third-order valence-corrected chi connectivity index (χ3v) is 3.06. The van der Waals surface area contributed by atoms with Crippen LogP contribution in [0.3, 0.4) is 0 Å². The van der Waals surface area contributed by atoms with E-state index in [1.54, 1.807) is 0 Å². The molecule has 2 aliphatic rings. The number of nitrogens with zero attached hydrogens (tertiary/aromatic N) is 1. The zero-order chi connectivity index (χ0) is 7.84. The molecule has 1 unspecified atom stereocenters. The van der Waals surface area contributed by atoms with Crippen LogP contribution in [0.1, 0.15) is 13.3 Å². The first-order valence-corrected chi connectivity index (χ1v) is 4.93. The van der Waals surface area contributed by atoms with Crippen molar-refractivity contribution in [1.29, 1.82) is 0 Å². The fraction of sp³-hybridized carbons (Fsp3) is 0.625. The van der Waals surface area contributed by atoms with Gasteiger partial charge in [-0.3, -0.25) is 4.79 Å². The summed E-state index contributed by atoms with van der Waals surface area (Å²) in [5.74, 6) is 1.43. The molecule has 2 nitrogen and oxygen atoms in total. The SMILES string of the molecule is CCSC1=CC2CC(=O)N2C1.[Na]. The molecule has 1 saturated heterocycles. The molecule has 1 fully saturated rings. The van der Waals surface area contributed by atoms with Crippen LogP contribution in [0.15, 0.2) is 11.0 Å². The Labute approximate surface area is 99.1 Å². The Morgan fingerprint density at radius 2 is 2.50 bits per heavy atom. The van der Waals surface area contributed by atoms with E-state index < -0.39 is 0 Å². The maximum atomic E-state index is 10.9. The molecule has 2 rings (SSSR count). The molecule has 0 aromatic carbocycles. The maximum Gasteiger partial charge on any atom is 0.225 e. The Hall–Kier alpha value is 0.560. The minimum atomic E-state index is 0. The van der Waals surface area contributed by atoms with Crippen LogP contribution in [-0.2, 0) is 4.79 Å². The first kappa shape index (κ1) is 10.6. The van der Waals surface area contributed by atoms with Gasteiger partial charge in [0.15, 0.2) is 0 Å². The molecule has 2 heterocycles. The summed E-state index contributed by atoms with van der Waals surface area (Å²) in [6, 6.07) is 0.455. The van der Waals surface area contributed by atoms with Crippen LogP contribution >= 0.6 is 11.8 Å². The Morgan fingerprint density at radius 3 is 3.00 bits per heavy atom. The summed E-state index contributed by atoms with van der Waals surface area (Å²) in [5, 5.41) is 0. The van der Waals surface area contributed by atoms with Crippen molar-refractivity contribution in [3.8, 4) is 0 Å². The van der Waals surface area contributed by atoms with Crippen molar-refractivity contribution in [3.05, 3.63) is 11.0 Å². The summed E-state index contributed by atoms with van der Waals surface area (Å²) in [6.07, 6.45) is 2.98. The molecule has 61 valence electrons. The van der Waals surface area contributed by atoms with Crippen molar-refractivity contribution in [3.63, 3.8) is 0 Å². The molecule has 1 atom stereocenters. The van der Waals surface area contributed by atoms with Crippen LogP contribution < -0.4 is 0 Å². The molecular formula is C8H11NNaOS. The molecule has 0 aromatic rings. The quantitative estimate of drug-likeness (QED) is 0.477. The van der Waals surface area contributed by atoms with Crippen LogP contribution in [0.4, 0.5) is 0 Å². The molecule has 1 amide bonds. The van der Waals surface area contributed by atoms with Gasteiger partial charge in [0.25, 0.3) is 0 Å². The van der Waals surface area contributed by atoms with E-state index in [2.05, 4.69) is 13.0 Å². The molecule has 0 N–H and O–H groups in total. The summed E-state index contributed by atoms with van der Waals surface area (Å²) >= 11 is 1.86. The fourth-order valence-corrected chi connectivity index (χ4v) is 2.40. The van der Waals surface area contributed by atoms with Gasteiger partial charge in [0, 0.05) is 34.5 Å². The van der Waals surface area contributed by atoms with Gasteiger partial charge in [-0.15, -0.1) is 11.8 Å². The number of fused-ring (bicyclic) bond motifs is 1. The monoisotopic (exact) mass is 192 g/mol. The summed E-state index contributed by atoms with van der Waals surface area (Å²) in [7, 11) is 0. The summed E-state index contributed by atoms with van der Waals surface area (Å²) in [4.78, 5) is 14.3. The predicted molar refractivity (Wildman–Crippen MR) is 52.1 cm³/mol. The number of carbonyl (C=O) groups excluding carboxylic acids is 1. The van der Waals surface area contributed by atoms with Gasteiger partial charge in [-0.2, -0.15) is 0 Å². The second-order valence-electron chi connectivity index (χ2n) is 2.86. The first-order valence-electron chi connectivity index (χ1n) is 3.94. The van der Waals surface area contributed by atoms with E-state index in [0.29, 0.717) is 11.9 Å². The molecule has 1 radical (unpaired) electrons. The van der Waals surface area contributed by atoms with Crippen molar-refractivity contribution in [1.82, 2.24) is 4.90 Å². The number of hydrogen-bond acceptors (Lipinski definition) is 2. The van der Waals surface area contributed by atoms with Crippen LogP contribution in [-0.4, -0.2) is 58.7 Å². The number of hydrogen-bond donors (Lipinski definition) is 0. The predicted octanol–water partition coefficient (Wildman–Crippen LogP) is 0.857. The summed E-state index contributed by atoms with van der Waals surface area (Å²) < 4.78 is 0. The third kappa shape index (κ3) is 1.74. The topological polar surface area (TPSA) is 20.3 Å². The Bertz CT molecular complexity index is 229. The molecule has 12 heavy (non-hydrogen) atoms. The van der Waals surface area contributed by atoms with Gasteiger partial charge in [-0.25, -0.2) is 0 Å². The van der Waals surface area contributed by atoms with Crippen molar-refractivity contribution >= 4 is 47.2 Å². The van der Waals surface area contributed by atoms with Crippen molar-refractivity contribution in [2.75, 3.05) is 12.3 Å². The normalized spacial score (nSPS) is 25.8. The number of carbonyl (C=O) groups is 1. The van der Waals surface area contributed by atoms with Gasteiger partial charge in [-0.05, 0) is 5.75 Å². The Kier molecular flexibility index (Phi) is 3.71. The third-order valence-electron chi connectivity index (χ3n) is 2.14. The second kappa shape index (κ2) is 4.18. The first-order chi connectivity index (χ1) is 5.31. The van der Waals surface area contributed by atoms with Crippen molar-refractivity contribution in [2.24, 2.45) is 0 Å². The summed E-state index contributed by atoms with van der Waals surface area (Å²) in [5.41, 5.74) is 0. The average Bonchev–Trinajstić information content (AvgIpc) is 2.29. The van der Waals surface area contributed by atoms with Crippen LogP contribution in [0.5, 0.6) is 0 Å². The molecule has 0 aliphatic carbocycles. The maximum absolute atomic E-state index is 10.9. The van der Waals surface area contributed by atoms with Crippen LogP contribution in [0.2, 0.25) is 0 Å². The molecule has 2 aliphatic heterocycles. The standard InChI is InChI=1S/C8H11NOS.Na/c1-2-11-7-3-6-4-8(10)9(6)5-7;/h3,6H,2,4-5H2,1H3;. The minimum Gasteiger partial charge on any atom is -0.331 e. The van der Waals surface area contributed by atoms with E-state index in [-0.39, 0.29) is 29.6 Å². The smallest absolute Gasteiger partial charge is 0.225 e. The van der Waals surface area contributed by atoms with Gasteiger partial charge in [0.1, 0.15) is 0 Å². The van der Waals surface area contributed by atoms with E-state index in [1.165, 1.54) is 4.91 Å². The van der Waals surface area contributed by atoms with Crippen molar-refractivity contribution < 1.29 is 4.79 Å². The molecule has 4 heteroatoms. The van der Waals surface area contributed by atoms with E-state index in [0.717, 1.165) is 18.7 Å². The molecular weight excluding hydrogens is 181 g/mol. The zero-order valence-corrected chi connectivity index (χ0v) is 10.4. The van der Waals surface area contributed by atoms with Crippen molar-refractivity contribution in [2.45, 2.75) is 19.4 Å². The van der Waals surface area contributed by atoms with E-state index in [1.807, 2.05) is 16.7 Å². The van der Waals surface area contributed by atoms with E-state index >= 15 is 0 Å².